The quantitative estimate of drug-likeness (QED) is 0.784. The van der Waals surface area contributed by atoms with E-state index in [2.05, 4.69) is 15.4 Å². The first-order valence-electron chi connectivity index (χ1n) is 7.59. The molecule has 0 spiro atoms. The van der Waals surface area contributed by atoms with E-state index < -0.39 is 0 Å². The summed E-state index contributed by atoms with van der Waals surface area (Å²) in [5.74, 6) is 1.04. The highest BCUT2D eigenvalue weighted by Gasteiger charge is 2.12. The SMILES string of the molecule is Cc1ccccc1Oc1ncccc1CNC(=O)c1ccnn1C. The molecule has 122 valence electrons. The van der Waals surface area contributed by atoms with Crippen LogP contribution in [0.5, 0.6) is 11.6 Å². The van der Waals surface area contributed by atoms with Crippen LogP contribution in [0.1, 0.15) is 21.6 Å². The molecule has 0 bridgehead atoms. The molecule has 1 amide bonds. The Morgan fingerprint density at radius 1 is 1.17 bits per heavy atom. The molecule has 0 saturated carbocycles. The van der Waals surface area contributed by atoms with E-state index in [9.17, 15) is 4.79 Å². The average molecular weight is 322 g/mol. The van der Waals surface area contributed by atoms with Crippen molar-refractivity contribution in [3.05, 3.63) is 71.7 Å². The molecule has 6 nitrogen and oxygen atoms in total. The molecule has 0 unspecified atom stereocenters. The molecule has 2 heterocycles. The summed E-state index contributed by atoms with van der Waals surface area (Å²) >= 11 is 0. The first kappa shape index (κ1) is 15.7. The molecule has 0 atom stereocenters. The zero-order valence-electron chi connectivity index (χ0n) is 13.6. The van der Waals surface area contributed by atoms with E-state index in [-0.39, 0.29) is 5.91 Å². The van der Waals surface area contributed by atoms with E-state index >= 15 is 0 Å². The monoisotopic (exact) mass is 322 g/mol. The minimum absolute atomic E-state index is 0.194. The number of para-hydroxylation sites is 1. The average Bonchev–Trinajstić information content (AvgIpc) is 3.02. The standard InChI is InChI=1S/C18H18N4O2/c1-13-6-3-4-8-16(13)24-18-14(7-5-10-19-18)12-20-17(23)15-9-11-21-22(15)2/h3-11H,12H2,1-2H3,(H,20,23). The van der Waals surface area contributed by atoms with Gasteiger partial charge in [0.15, 0.2) is 0 Å². The highest BCUT2D eigenvalue weighted by molar-refractivity contribution is 5.92. The number of hydrogen-bond acceptors (Lipinski definition) is 4. The Hall–Kier alpha value is -3.15. The largest absolute Gasteiger partial charge is 0.438 e. The summed E-state index contributed by atoms with van der Waals surface area (Å²) in [5.41, 5.74) is 2.32. The Balaban J connectivity index is 1.74. The number of nitrogens with one attached hydrogen (secondary N) is 1. The number of carbonyl (C=O) groups excluding carboxylic acids is 1. The summed E-state index contributed by atoms with van der Waals surface area (Å²) in [6, 6.07) is 13.1. The first-order valence-corrected chi connectivity index (χ1v) is 7.59. The number of aryl methyl sites for hydroxylation is 2. The fourth-order valence-electron chi connectivity index (χ4n) is 2.29. The van der Waals surface area contributed by atoms with Gasteiger partial charge < -0.3 is 10.1 Å². The van der Waals surface area contributed by atoms with E-state index in [1.54, 1.807) is 25.5 Å². The molecule has 1 N–H and O–H groups in total. The van der Waals surface area contributed by atoms with Gasteiger partial charge in [-0.1, -0.05) is 24.3 Å². The van der Waals surface area contributed by atoms with Crippen LogP contribution < -0.4 is 10.1 Å². The number of rotatable bonds is 5. The molecular weight excluding hydrogens is 304 g/mol. The van der Waals surface area contributed by atoms with Gasteiger partial charge in [-0.2, -0.15) is 5.10 Å². The second-order valence-electron chi connectivity index (χ2n) is 5.36. The number of hydrogen-bond donors (Lipinski definition) is 1. The Labute approximate surface area is 140 Å². The van der Waals surface area contributed by atoms with Gasteiger partial charge in [0.2, 0.25) is 5.88 Å². The Morgan fingerprint density at radius 2 is 2.00 bits per heavy atom. The molecule has 3 rings (SSSR count). The van der Waals surface area contributed by atoms with Crippen molar-refractivity contribution >= 4 is 5.91 Å². The summed E-state index contributed by atoms with van der Waals surface area (Å²) in [6.07, 6.45) is 3.26. The second kappa shape index (κ2) is 6.95. The molecule has 0 aliphatic rings. The molecule has 0 aliphatic heterocycles. The number of carbonyl (C=O) groups is 1. The van der Waals surface area contributed by atoms with Gasteiger partial charge in [-0.25, -0.2) is 4.98 Å². The van der Waals surface area contributed by atoms with Gasteiger partial charge in [0, 0.05) is 31.5 Å². The number of amides is 1. The van der Waals surface area contributed by atoms with Gasteiger partial charge in [0.25, 0.3) is 5.91 Å². The first-order chi connectivity index (χ1) is 11.6. The van der Waals surface area contributed by atoms with Crippen LogP contribution in [-0.4, -0.2) is 20.7 Å². The summed E-state index contributed by atoms with van der Waals surface area (Å²) in [7, 11) is 1.73. The van der Waals surface area contributed by atoms with Crippen molar-refractivity contribution in [2.45, 2.75) is 13.5 Å². The molecule has 6 heteroatoms. The van der Waals surface area contributed by atoms with Crippen LogP contribution in [-0.2, 0) is 13.6 Å². The van der Waals surface area contributed by atoms with Crippen molar-refractivity contribution < 1.29 is 9.53 Å². The summed E-state index contributed by atoms with van der Waals surface area (Å²) in [6.45, 7) is 2.29. The third kappa shape index (κ3) is 3.43. The highest BCUT2D eigenvalue weighted by atomic mass is 16.5. The lowest BCUT2D eigenvalue weighted by molar-refractivity contribution is 0.0941. The van der Waals surface area contributed by atoms with Crippen LogP contribution in [0.25, 0.3) is 0 Å². The maximum atomic E-state index is 12.2. The third-order valence-electron chi connectivity index (χ3n) is 3.64. The predicted octanol–water partition coefficient (Wildman–Crippen LogP) is 2.85. The van der Waals surface area contributed by atoms with Crippen LogP contribution in [0.2, 0.25) is 0 Å². The van der Waals surface area contributed by atoms with Gasteiger partial charge >= 0.3 is 0 Å². The van der Waals surface area contributed by atoms with Crippen molar-refractivity contribution in [3.63, 3.8) is 0 Å². The minimum atomic E-state index is -0.194. The molecule has 2 aromatic heterocycles. The lowest BCUT2D eigenvalue weighted by Gasteiger charge is -2.12. The number of nitrogens with zero attached hydrogens (tertiary/aromatic N) is 3. The fraction of sp³-hybridized carbons (Fsp3) is 0.167. The summed E-state index contributed by atoms with van der Waals surface area (Å²) < 4.78 is 7.44. The highest BCUT2D eigenvalue weighted by Crippen LogP contribution is 2.25. The molecule has 3 aromatic rings. The lowest BCUT2D eigenvalue weighted by atomic mass is 10.2. The van der Waals surface area contributed by atoms with Crippen LogP contribution in [0, 0.1) is 6.92 Å². The molecule has 0 aliphatic carbocycles. The number of pyridine rings is 1. The van der Waals surface area contributed by atoms with Crippen molar-refractivity contribution in [1.82, 2.24) is 20.1 Å². The van der Waals surface area contributed by atoms with Gasteiger partial charge in [-0.15, -0.1) is 0 Å². The Bertz CT molecular complexity index is 857. The normalized spacial score (nSPS) is 10.4. The number of ether oxygens (including phenoxy) is 1. The molecule has 0 radical (unpaired) electrons. The van der Waals surface area contributed by atoms with Crippen molar-refractivity contribution in [2.24, 2.45) is 7.05 Å². The summed E-state index contributed by atoms with van der Waals surface area (Å²) in [4.78, 5) is 16.5. The molecule has 24 heavy (non-hydrogen) atoms. The number of aromatic nitrogens is 3. The van der Waals surface area contributed by atoms with E-state index in [4.69, 9.17) is 4.74 Å². The third-order valence-corrected chi connectivity index (χ3v) is 3.64. The molecule has 0 saturated heterocycles. The fourth-order valence-corrected chi connectivity index (χ4v) is 2.29. The maximum Gasteiger partial charge on any atom is 0.269 e. The molecule has 1 aromatic carbocycles. The van der Waals surface area contributed by atoms with E-state index in [1.807, 2.05) is 43.3 Å². The van der Waals surface area contributed by atoms with Gasteiger partial charge in [0.1, 0.15) is 11.4 Å². The van der Waals surface area contributed by atoms with Gasteiger partial charge in [-0.3, -0.25) is 9.48 Å². The minimum Gasteiger partial charge on any atom is -0.438 e. The Morgan fingerprint density at radius 3 is 2.75 bits per heavy atom. The molecule has 0 fully saturated rings. The predicted molar refractivity (Wildman–Crippen MR) is 89.9 cm³/mol. The second-order valence-corrected chi connectivity index (χ2v) is 5.36. The van der Waals surface area contributed by atoms with Crippen molar-refractivity contribution in [1.29, 1.82) is 0 Å². The zero-order chi connectivity index (χ0) is 16.9. The van der Waals surface area contributed by atoms with Crippen molar-refractivity contribution in [3.8, 4) is 11.6 Å². The zero-order valence-corrected chi connectivity index (χ0v) is 13.6. The topological polar surface area (TPSA) is 69.0 Å². The van der Waals surface area contributed by atoms with Crippen molar-refractivity contribution in [2.75, 3.05) is 0 Å². The number of benzene rings is 1. The molecular formula is C18H18N4O2. The van der Waals surface area contributed by atoms with Gasteiger partial charge in [-0.05, 0) is 30.7 Å². The summed E-state index contributed by atoms with van der Waals surface area (Å²) in [5, 5.41) is 6.86. The van der Waals surface area contributed by atoms with E-state index in [0.29, 0.717) is 18.1 Å². The smallest absolute Gasteiger partial charge is 0.269 e. The maximum absolute atomic E-state index is 12.2. The van der Waals surface area contributed by atoms with Crippen LogP contribution >= 0.6 is 0 Å². The van der Waals surface area contributed by atoms with Gasteiger partial charge in [0.05, 0.1) is 0 Å². The lowest BCUT2D eigenvalue weighted by Crippen LogP contribution is -2.25. The Kier molecular flexibility index (Phi) is 4.56. The van der Waals surface area contributed by atoms with E-state index in [0.717, 1.165) is 16.9 Å². The van der Waals surface area contributed by atoms with E-state index in [1.165, 1.54) is 4.68 Å². The van der Waals surface area contributed by atoms with Crippen LogP contribution in [0.4, 0.5) is 0 Å². The van der Waals surface area contributed by atoms with Crippen LogP contribution in [0.3, 0.4) is 0 Å². The van der Waals surface area contributed by atoms with Crippen LogP contribution in [0.15, 0.2) is 54.9 Å².